The van der Waals surface area contributed by atoms with Gasteiger partial charge < -0.3 is 4.74 Å². The van der Waals surface area contributed by atoms with Crippen molar-refractivity contribution in [2.24, 2.45) is 0 Å². The highest BCUT2D eigenvalue weighted by Crippen LogP contribution is 2.39. The molecular weight excluding hydrogens is 506 g/mol. The van der Waals surface area contributed by atoms with Gasteiger partial charge in [0.05, 0.1) is 28.8 Å². The Kier molecular flexibility index (Phi) is 4.31. The maximum absolute atomic E-state index is 8.08. The molecule has 7 rings (SSSR count). The molecule has 41 heavy (non-hydrogen) atoms. The fourth-order valence-corrected chi connectivity index (χ4v) is 5.24. The number of ether oxygens (including phenoxy) is 1. The summed E-state index contributed by atoms with van der Waals surface area (Å²) in [7, 11) is 0. The van der Waals surface area contributed by atoms with Crippen LogP contribution in [0.2, 0.25) is 0 Å². The van der Waals surface area contributed by atoms with Crippen molar-refractivity contribution in [3.63, 3.8) is 0 Å². The van der Waals surface area contributed by atoms with Crippen molar-refractivity contribution in [1.82, 2.24) is 19.1 Å². The van der Waals surface area contributed by atoms with E-state index in [2.05, 4.69) is 31.8 Å². The average Bonchev–Trinajstić information content (AvgIpc) is 3.57. The SMILES string of the molecule is [2H]C([2H])([2H])c1ccnc(-n2c3ccccc3c3ncc(Oc4cc([N+]5=C=[N+](C([2H])([2H])[2H])c6ccccc65)cc(C(C)(C)C)c4)cc32)c1. The molecule has 4 heterocycles. The van der Waals surface area contributed by atoms with Crippen LogP contribution < -0.4 is 9.31 Å². The Balaban J connectivity index is 1.38. The zero-order valence-corrected chi connectivity index (χ0v) is 22.9. The van der Waals surface area contributed by atoms with E-state index in [1.807, 2.05) is 65.2 Å². The Hall–Kier alpha value is -5.06. The van der Waals surface area contributed by atoms with Crippen LogP contribution in [0.1, 0.15) is 40.1 Å². The number of rotatable bonds is 4. The van der Waals surface area contributed by atoms with Gasteiger partial charge in [-0.1, -0.05) is 55.7 Å². The first-order chi connectivity index (χ1) is 22.2. The van der Waals surface area contributed by atoms with Gasteiger partial charge in [-0.15, -0.1) is 0 Å². The van der Waals surface area contributed by atoms with Gasteiger partial charge in [0.1, 0.15) is 21.4 Å². The van der Waals surface area contributed by atoms with Crippen LogP contribution in [0.3, 0.4) is 0 Å². The maximum Gasteiger partial charge on any atom is 0.496 e. The monoisotopic (exact) mass is 543 g/mol. The first-order valence-corrected chi connectivity index (χ1v) is 13.3. The zero-order chi connectivity index (χ0) is 33.3. The van der Waals surface area contributed by atoms with Crippen molar-refractivity contribution >= 4 is 45.0 Å². The molecule has 6 aromatic rings. The lowest BCUT2D eigenvalue weighted by Crippen LogP contribution is -2.12. The molecule has 0 bridgehead atoms. The van der Waals surface area contributed by atoms with Crippen LogP contribution in [-0.2, 0) is 5.41 Å². The van der Waals surface area contributed by atoms with Crippen molar-refractivity contribution in [3.05, 3.63) is 108 Å². The fourth-order valence-electron chi connectivity index (χ4n) is 5.24. The zero-order valence-electron chi connectivity index (χ0n) is 28.9. The second-order valence-corrected chi connectivity index (χ2v) is 11.1. The van der Waals surface area contributed by atoms with Crippen LogP contribution >= 0.6 is 0 Å². The van der Waals surface area contributed by atoms with Crippen LogP contribution in [0.25, 0.3) is 27.8 Å². The highest BCUT2D eigenvalue weighted by atomic mass is 16.5. The highest BCUT2D eigenvalue weighted by molar-refractivity contribution is 6.07. The van der Waals surface area contributed by atoms with Crippen LogP contribution in [0.5, 0.6) is 11.5 Å². The molecular formula is C35H31N5O+2. The lowest BCUT2D eigenvalue weighted by molar-refractivity contribution is -0.394. The summed E-state index contributed by atoms with van der Waals surface area (Å²) in [4.78, 5) is 9.32. The first-order valence-electron chi connectivity index (χ1n) is 16.3. The molecule has 1 aliphatic heterocycles. The summed E-state index contributed by atoms with van der Waals surface area (Å²) >= 11 is 0. The number of nitrogens with zero attached hydrogens (tertiary/aromatic N) is 5. The molecule has 0 aliphatic carbocycles. The van der Waals surface area contributed by atoms with Crippen molar-refractivity contribution in [2.45, 2.75) is 33.0 Å². The normalized spacial score (nSPS) is 15.7. The predicted molar refractivity (Wildman–Crippen MR) is 165 cm³/mol. The van der Waals surface area contributed by atoms with E-state index in [0.717, 1.165) is 22.0 Å². The predicted octanol–water partition coefficient (Wildman–Crippen LogP) is 8.27. The largest absolute Gasteiger partial charge is 0.496 e. The molecule has 0 N–H and O–H groups in total. The van der Waals surface area contributed by atoms with Crippen LogP contribution in [0, 0.1) is 6.85 Å². The van der Waals surface area contributed by atoms with E-state index in [4.69, 9.17) is 17.9 Å². The van der Waals surface area contributed by atoms with Gasteiger partial charge in [0, 0.05) is 40.0 Å². The maximum atomic E-state index is 8.08. The third-order valence-corrected chi connectivity index (χ3v) is 7.27. The number of benzene rings is 3. The van der Waals surface area contributed by atoms with E-state index in [0.29, 0.717) is 39.9 Å². The average molecular weight is 544 g/mol. The van der Waals surface area contributed by atoms with Crippen molar-refractivity contribution < 1.29 is 17.5 Å². The summed E-state index contributed by atoms with van der Waals surface area (Å²) in [6.07, 6.45) is 3.16. The number of pyridine rings is 2. The molecule has 3 aromatic carbocycles. The van der Waals surface area contributed by atoms with Gasteiger partial charge in [0.25, 0.3) is 11.4 Å². The van der Waals surface area contributed by atoms with E-state index >= 15 is 0 Å². The Bertz CT molecular complexity index is 2290. The third-order valence-electron chi connectivity index (χ3n) is 7.27. The topological polar surface area (TPSA) is 46.0 Å². The third kappa shape index (κ3) is 4.30. The molecule has 0 fully saturated rings. The van der Waals surface area contributed by atoms with Gasteiger partial charge in [-0.05, 0) is 52.2 Å². The van der Waals surface area contributed by atoms with Gasteiger partial charge in [-0.25, -0.2) is 4.98 Å². The number of aromatic nitrogens is 3. The number of aryl methyl sites for hydroxylation is 1. The second-order valence-electron chi connectivity index (χ2n) is 11.1. The molecule has 0 amide bonds. The lowest BCUT2D eigenvalue weighted by Gasteiger charge is -2.20. The van der Waals surface area contributed by atoms with Gasteiger partial charge >= 0.3 is 6.01 Å². The fraction of sp³-hybridized carbons (Fsp3) is 0.171. The van der Waals surface area contributed by atoms with E-state index in [1.54, 1.807) is 29.0 Å². The summed E-state index contributed by atoms with van der Waals surface area (Å²) < 4.78 is 59.3. The van der Waals surface area contributed by atoms with Crippen LogP contribution in [-0.4, -0.2) is 32.1 Å². The molecule has 0 saturated carbocycles. The number of hydrogen-bond donors (Lipinski definition) is 0. The molecule has 200 valence electrons. The van der Waals surface area contributed by atoms with Crippen molar-refractivity contribution in [2.75, 3.05) is 6.98 Å². The van der Waals surface area contributed by atoms with E-state index in [1.165, 1.54) is 16.8 Å². The number of hydrogen-bond acceptors (Lipinski definition) is 3. The number of fused-ring (bicyclic) bond motifs is 4. The van der Waals surface area contributed by atoms with Gasteiger partial charge in [-0.3, -0.25) is 9.55 Å². The minimum Gasteiger partial charge on any atom is -0.455 e. The van der Waals surface area contributed by atoms with Crippen LogP contribution in [0.4, 0.5) is 17.1 Å². The second kappa shape index (κ2) is 9.26. The molecule has 0 spiro atoms. The highest BCUT2D eigenvalue weighted by Gasteiger charge is 2.33. The van der Waals surface area contributed by atoms with Gasteiger partial charge in [0.2, 0.25) is 5.69 Å². The summed E-state index contributed by atoms with van der Waals surface area (Å²) in [6.45, 7) is 1.60. The Labute approximate surface area is 247 Å². The summed E-state index contributed by atoms with van der Waals surface area (Å²) in [5.74, 6) is 1.45. The Morgan fingerprint density at radius 2 is 1.68 bits per heavy atom. The molecule has 0 saturated heterocycles. The lowest BCUT2D eigenvalue weighted by atomic mass is 9.86. The van der Waals surface area contributed by atoms with E-state index < -0.39 is 13.8 Å². The summed E-state index contributed by atoms with van der Waals surface area (Å²) in [6, 6.07) is 28.9. The molecule has 0 unspecified atom stereocenters. The molecule has 0 radical (unpaired) electrons. The summed E-state index contributed by atoms with van der Waals surface area (Å²) in [5.41, 5.74) is 5.09. The molecule has 1 aliphatic rings. The van der Waals surface area contributed by atoms with Crippen LogP contribution in [0.15, 0.2) is 97.3 Å². The minimum atomic E-state index is -2.41. The smallest absolute Gasteiger partial charge is 0.455 e. The molecule has 0 atom stereocenters. The first kappa shape index (κ1) is 19.1. The minimum absolute atomic E-state index is 0.189. The Morgan fingerprint density at radius 1 is 0.854 bits per heavy atom. The number of para-hydroxylation sites is 3. The standard InChI is InChI=1S/C35H31N5O/c1-23-14-15-36-33(16-23)40-29-11-7-6-10-28(29)34-32(40)20-27(21-37-34)41-26-18-24(35(2,3)4)17-25(19-26)39-22-38(5)30-12-8-9-13-31(30)39/h6-21H,1-5H3/q+2/i1D3,5D3. The quantitative estimate of drug-likeness (QED) is 0.210. The Morgan fingerprint density at radius 3 is 2.51 bits per heavy atom. The van der Waals surface area contributed by atoms with Crippen molar-refractivity contribution in [1.29, 1.82) is 0 Å². The molecule has 6 heteroatoms. The van der Waals surface area contributed by atoms with Gasteiger partial charge in [0.15, 0.2) is 6.98 Å². The van der Waals surface area contributed by atoms with E-state index in [9.17, 15) is 0 Å². The molecule has 6 nitrogen and oxygen atoms in total. The summed E-state index contributed by atoms with van der Waals surface area (Å²) in [5, 5.41) is 0.893. The molecule has 3 aromatic heterocycles. The van der Waals surface area contributed by atoms with Gasteiger partial charge in [-0.2, -0.15) is 0 Å². The van der Waals surface area contributed by atoms with E-state index in [-0.39, 0.29) is 11.0 Å². The van der Waals surface area contributed by atoms with Crippen molar-refractivity contribution in [3.8, 4) is 17.3 Å².